The lowest BCUT2D eigenvalue weighted by atomic mass is 10.1. The third-order valence-electron chi connectivity index (χ3n) is 2.55. The summed E-state index contributed by atoms with van der Waals surface area (Å²) < 4.78 is 18.5. The van der Waals surface area contributed by atoms with E-state index >= 15 is 0 Å². The topological polar surface area (TPSA) is 46.5 Å². The Hall–Kier alpha value is -2.07. The third-order valence-corrected chi connectivity index (χ3v) is 2.84. The molecule has 0 heterocycles. The molecular weight excluding hydrogens is 271 g/mol. The van der Waals surface area contributed by atoms with Crippen LogP contribution in [0.4, 0.5) is 4.39 Å². The number of halogens is 2. The van der Waals surface area contributed by atoms with Gasteiger partial charge in [-0.1, -0.05) is 17.7 Å². The number of rotatable bonds is 3. The number of carboxylic acids is 1. The van der Waals surface area contributed by atoms with E-state index in [1.165, 1.54) is 30.3 Å². The molecule has 0 bridgehead atoms. The van der Waals surface area contributed by atoms with Gasteiger partial charge in [0.15, 0.2) is 0 Å². The lowest BCUT2D eigenvalue weighted by Gasteiger charge is -2.10. The smallest absolute Gasteiger partial charge is 0.335 e. The molecule has 0 amide bonds. The summed E-state index contributed by atoms with van der Waals surface area (Å²) in [5.41, 5.74) is 0.888. The molecule has 5 heteroatoms. The Bertz CT molecular complexity index is 641. The Kier molecular flexibility index (Phi) is 3.71. The molecule has 1 N–H and O–H groups in total. The maximum Gasteiger partial charge on any atom is 0.335 e. The van der Waals surface area contributed by atoms with Crippen molar-refractivity contribution in [2.45, 2.75) is 6.92 Å². The maximum atomic E-state index is 13.0. The zero-order chi connectivity index (χ0) is 14.0. The number of ether oxygens (including phenoxy) is 1. The van der Waals surface area contributed by atoms with Crippen molar-refractivity contribution >= 4 is 17.6 Å². The number of hydrogen-bond acceptors (Lipinski definition) is 2. The third kappa shape index (κ3) is 3.03. The summed E-state index contributed by atoms with van der Waals surface area (Å²) in [4.78, 5) is 10.9. The first-order valence-electron chi connectivity index (χ1n) is 5.44. The molecule has 0 aliphatic heterocycles. The van der Waals surface area contributed by atoms with Crippen molar-refractivity contribution in [3.63, 3.8) is 0 Å². The summed E-state index contributed by atoms with van der Waals surface area (Å²) in [6, 6.07) is 8.49. The highest BCUT2D eigenvalue weighted by Gasteiger charge is 2.09. The first-order chi connectivity index (χ1) is 8.97. The number of benzene rings is 2. The Morgan fingerprint density at radius 3 is 2.63 bits per heavy atom. The maximum absolute atomic E-state index is 13.0. The normalized spacial score (nSPS) is 10.3. The van der Waals surface area contributed by atoms with Crippen molar-refractivity contribution in [1.29, 1.82) is 0 Å². The minimum absolute atomic E-state index is 0.0513. The number of hydrogen-bond donors (Lipinski definition) is 1. The van der Waals surface area contributed by atoms with Crippen molar-refractivity contribution in [2.75, 3.05) is 0 Å². The fourth-order valence-electron chi connectivity index (χ4n) is 1.51. The quantitative estimate of drug-likeness (QED) is 0.913. The second-order valence-electron chi connectivity index (χ2n) is 3.96. The molecule has 0 aliphatic carbocycles. The highest BCUT2D eigenvalue weighted by Crippen LogP contribution is 2.29. The van der Waals surface area contributed by atoms with Crippen LogP contribution in [0.15, 0.2) is 36.4 Å². The molecule has 2 aromatic carbocycles. The van der Waals surface area contributed by atoms with Crippen LogP contribution in [0.25, 0.3) is 0 Å². The number of carbonyl (C=O) groups is 1. The van der Waals surface area contributed by atoms with Crippen molar-refractivity contribution in [2.24, 2.45) is 0 Å². The molecular formula is C14H10ClFO3. The van der Waals surface area contributed by atoms with Crippen molar-refractivity contribution in [1.82, 2.24) is 0 Å². The predicted molar refractivity (Wildman–Crippen MR) is 69.6 cm³/mol. The predicted octanol–water partition coefficient (Wildman–Crippen LogP) is 4.28. The molecule has 0 fully saturated rings. The Balaban J connectivity index is 2.34. The van der Waals surface area contributed by atoms with Crippen LogP contribution < -0.4 is 4.74 Å². The van der Waals surface area contributed by atoms with E-state index < -0.39 is 11.8 Å². The summed E-state index contributed by atoms with van der Waals surface area (Å²) in [6.07, 6.45) is 0. The monoisotopic (exact) mass is 280 g/mol. The summed E-state index contributed by atoms with van der Waals surface area (Å²) in [7, 11) is 0. The molecule has 0 saturated carbocycles. The molecule has 98 valence electrons. The van der Waals surface area contributed by atoms with Crippen LogP contribution in [0.2, 0.25) is 5.02 Å². The SMILES string of the molecule is Cc1ccc(C(=O)O)cc1Oc1ccc(F)c(Cl)c1. The highest BCUT2D eigenvalue weighted by atomic mass is 35.5. The summed E-state index contributed by atoms with van der Waals surface area (Å²) in [5.74, 6) is -0.841. The van der Waals surface area contributed by atoms with Gasteiger partial charge in [0.25, 0.3) is 0 Å². The minimum Gasteiger partial charge on any atom is -0.478 e. The fourth-order valence-corrected chi connectivity index (χ4v) is 1.68. The van der Waals surface area contributed by atoms with Gasteiger partial charge in [0.1, 0.15) is 17.3 Å². The van der Waals surface area contributed by atoms with Gasteiger partial charge in [0.05, 0.1) is 10.6 Å². The van der Waals surface area contributed by atoms with E-state index in [9.17, 15) is 9.18 Å². The lowest BCUT2D eigenvalue weighted by Crippen LogP contribution is -1.97. The van der Waals surface area contributed by atoms with Crippen molar-refractivity contribution in [3.8, 4) is 11.5 Å². The van der Waals surface area contributed by atoms with E-state index in [-0.39, 0.29) is 10.6 Å². The molecule has 0 saturated heterocycles. The van der Waals surface area contributed by atoms with Crippen LogP contribution in [0.3, 0.4) is 0 Å². The first-order valence-corrected chi connectivity index (χ1v) is 5.82. The van der Waals surface area contributed by atoms with E-state index in [1.807, 2.05) is 0 Å². The van der Waals surface area contributed by atoms with Crippen LogP contribution >= 0.6 is 11.6 Å². The van der Waals surface area contributed by atoms with Gasteiger partial charge < -0.3 is 9.84 Å². The van der Waals surface area contributed by atoms with E-state index in [0.29, 0.717) is 11.5 Å². The van der Waals surface area contributed by atoms with Gasteiger partial charge in [-0.05, 0) is 36.8 Å². The summed E-state index contributed by atoms with van der Waals surface area (Å²) in [6.45, 7) is 1.78. The van der Waals surface area contributed by atoms with Gasteiger partial charge in [0.2, 0.25) is 0 Å². The highest BCUT2D eigenvalue weighted by molar-refractivity contribution is 6.30. The molecule has 0 spiro atoms. The molecule has 3 nitrogen and oxygen atoms in total. The van der Waals surface area contributed by atoms with Gasteiger partial charge in [-0.15, -0.1) is 0 Å². The van der Waals surface area contributed by atoms with Crippen molar-refractivity contribution in [3.05, 3.63) is 58.4 Å². The van der Waals surface area contributed by atoms with Crippen LogP contribution in [0.1, 0.15) is 15.9 Å². The van der Waals surface area contributed by atoms with Gasteiger partial charge in [-0.3, -0.25) is 0 Å². The van der Waals surface area contributed by atoms with Gasteiger partial charge >= 0.3 is 5.97 Å². The second-order valence-corrected chi connectivity index (χ2v) is 4.37. The molecule has 0 unspecified atom stereocenters. The minimum atomic E-state index is -1.04. The van der Waals surface area contributed by atoms with Crippen LogP contribution in [-0.4, -0.2) is 11.1 Å². The largest absolute Gasteiger partial charge is 0.478 e. The van der Waals surface area contributed by atoms with Crippen molar-refractivity contribution < 1.29 is 19.0 Å². The Labute approximate surface area is 114 Å². The number of aryl methyl sites for hydroxylation is 1. The van der Waals surface area contributed by atoms with Gasteiger partial charge in [-0.2, -0.15) is 0 Å². The van der Waals surface area contributed by atoms with Crippen LogP contribution in [0, 0.1) is 12.7 Å². The molecule has 0 atom stereocenters. The Morgan fingerprint density at radius 2 is 2.00 bits per heavy atom. The first kappa shape index (κ1) is 13.4. The van der Waals surface area contributed by atoms with Gasteiger partial charge in [0, 0.05) is 6.07 Å². The van der Waals surface area contributed by atoms with E-state index in [4.69, 9.17) is 21.4 Å². The Morgan fingerprint density at radius 1 is 1.26 bits per heavy atom. The average Bonchev–Trinajstić information content (AvgIpc) is 2.36. The zero-order valence-corrected chi connectivity index (χ0v) is 10.7. The standard InChI is InChI=1S/C14H10ClFO3/c1-8-2-3-9(14(17)18)6-13(8)19-10-4-5-12(16)11(15)7-10/h2-7H,1H3,(H,17,18). The fraction of sp³-hybridized carbons (Fsp3) is 0.0714. The summed E-state index contributed by atoms with van der Waals surface area (Å²) >= 11 is 5.65. The van der Waals surface area contributed by atoms with Gasteiger partial charge in [-0.25, -0.2) is 9.18 Å². The second kappa shape index (κ2) is 5.28. The average molecular weight is 281 g/mol. The number of aromatic carboxylic acids is 1. The number of carboxylic acid groups (broad SMARTS) is 1. The van der Waals surface area contributed by atoms with Crippen LogP contribution in [-0.2, 0) is 0 Å². The van der Waals surface area contributed by atoms with E-state index in [0.717, 1.165) is 5.56 Å². The molecule has 2 rings (SSSR count). The molecule has 19 heavy (non-hydrogen) atoms. The lowest BCUT2D eigenvalue weighted by molar-refractivity contribution is 0.0696. The van der Waals surface area contributed by atoms with E-state index in [1.54, 1.807) is 13.0 Å². The van der Waals surface area contributed by atoms with E-state index in [2.05, 4.69) is 0 Å². The molecule has 2 aromatic rings. The molecule has 0 aromatic heterocycles. The van der Waals surface area contributed by atoms with Crippen LogP contribution in [0.5, 0.6) is 11.5 Å². The molecule has 0 aliphatic rings. The zero-order valence-electron chi connectivity index (χ0n) is 9.98. The molecule has 0 radical (unpaired) electrons. The summed E-state index contributed by atoms with van der Waals surface area (Å²) in [5, 5.41) is 8.87.